The lowest BCUT2D eigenvalue weighted by Crippen LogP contribution is -2.56. The molecule has 2 heterocycles. The fourth-order valence-electron chi connectivity index (χ4n) is 2.19. The minimum Gasteiger partial charge on any atom is -0.314 e. The number of nitrogens with zero attached hydrogens (tertiary/aromatic N) is 1. The Hall–Kier alpha value is 0.270. The minimum atomic E-state index is 0.455. The van der Waals surface area contributed by atoms with E-state index >= 15 is 0 Å². The van der Waals surface area contributed by atoms with Gasteiger partial charge in [0.15, 0.2) is 0 Å². The molecule has 0 aromatic rings. The van der Waals surface area contributed by atoms with E-state index in [-0.39, 0.29) is 0 Å². The van der Waals surface area contributed by atoms with Crippen LogP contribution in [0.25, 0.3) is 0 Å². The number of hydrogen-bond acceptors (Lipinski definition) is 3. The number of thioether (sulfide) groups is 1. The normalized spacial score (nSPS) is 26.8. The molecule has 112 valence electrons. The van der Waals surface area contributed by atoms with Gasteiger partial charge in [-0.15, -0.1) is 11.8 Å². The smallest absolute Gasteiger partial charge is 0.0793 e. The summed E-state index contributed by atoms with van der Waals surface area (Å²) in [4.78, 5) is 3.00. The van der Waals surface area contributed by atoms with Gasteiger partial charge >= 0.3 is 0 Å². The number of likely N-dealkylation sites (N-methyl/N-ethyl adjacent to an activating group) is 1. The standard InChI is InChI=1S/C9H18N2S.3C2H6/c1-11-6-3-7-12-9(11)4-2-5-10-8-9;3*1-2/h10H,2-8H2,1H3;3*1-2H3. The third kappa shape index (κ3) is 6.44. The molecule has 18 heavy (non-hydrogen) atoms. The Labute approximate surface area is 120 Å². The molecule has 2 rings (SSSR count). The van der Waals surface area contributed by atoms with Crippen molar-refractivity contribution in [2.24, 2.45) is 0 Å². The van der Waals surface area contributed by atoms with Gasteiger partial charge in [0.2, 0.25) is 0 Å². The van der Waals surface area contributed by atoms with Gasteiger partial charge in [-0.1, -0.05) is 41.5 Å². The molecule has 1 unspecified atom stereocenters. The van der Waals surface area contributed by atoms with Crippen LogP contribution in [0.15, 0.2) is 0 Å². The number of piperidine rings is 1. The highest BCUT2D eigenvalue weighted by molar-refractivity contribution is 8.00. The van der Waals surface area contributed by atoms with Crippen LogP contribution in [0.2, 0.25) is 0 Å². The van der Waals surface area contributed by atoms with Crippen LogP contribution in [0.1, 0.15) is 60.8 Å². The quantitative estimate of drug-likeness (QED) is 0.713. The zero-order chi connectivity index (χ0) is 14.4. The minimum absolute atomic E-state index is 0.455. The number of rotatable bonds is 0. The fraction of sp³-hybridized carbons (Fsp3) is 1.00. The average molecular weight is 277 g/mol. The van der Waals surface area contributed by atoms with Crippen LogP contribution < -0.4 is 5.32 Å². The van der Waals surface area contributed by atoms with Crippen molar-refractivity contribution >= 4 is 11.8 Å². The van der Waals surface area contributed by atoms with Gasteiger partial charge in [0.25, 0.3) is 0 Å². The molecule has 2 aliphatic heterocycles. The van der Waals surface area contributed by atoms with Gasteiger partial charge in [-0.3, -0.25) is 4.90 Å². The van der Waals surface area contributed by atoms with Crippen LogP contribution >= 0.6 is 11.8 Å². The Morgan fingerprint density at radius 2 is 1.61 bits per heavy atom. The van der Waals surface area contributed by atoms with Crippen LogP contribution in [-0.2, 0) is 0 Å². The van der Waals surface area contributed by atoms with Crippen molar-refractivity contribution in [3.8, 4) is 0 Å². The van der Waals surface area contributed by atoms with Gasteiger partial charge in [0, 0.05) is 6.54 Å². The topological polar surface area (TPSA) is 15.3 Å². The highest BCUT2D eigenvalue weighted by atomic mass is 32.2. The van der Waals surface area contributed by atoms with Crippen molar-refractivity contribution in [2.75, 3.05) is 32.4 Å². The Balaban J connectivity index is 0. The lowest BCUT2D eigenvalue weighted by atomic mass is 10.1. The third-order valence-corrected chi connectivity index (χ3v) is 4.72. The van der Waals surface area contributed by atoms with E-state index in [1.807, 2.05) is 41.5 Å². The van der Waals surface area contributed by atoms with Crippen molar-refractivity contribution in [3.63, 3.8) is 0 Å². The zero-order valence-corrected chi connectivity index (χ0v) is 14.6. The van der Waals surface area contributed by atoms with Gasteiger partial charge in [-0.2, -0.15) is 0 Å². The third-order valence-electron chi connectivity index (χ3n) is 3.03. The summed E-state index contributed by atoms with van der Waals surface area (Å²) in [7, 11) is 2.28. The molecular weight excluding hydrogens is 240 g/mol. The monoisotopic (exact) mass is 276 g/mol. The van der Waals surface area contributed by atoms with Crippen LogP contribution in [0.5, 0.6) is 0 Å². The number of hydrogen-bond donors (Lipinski definition) is 1. The molecule has 1 N–H and O–H groups in total. The first-order valence-corrected chi connectivity index (χ1v) is 8.88. The van der Waals surface area contributed by atoms with E-state index in [0.29, 0.717) is 4.87 Å². The van der Waals surface area contributed by atoms with Gasteiger partial charge in [0.1, 0.15) is 0 Å². The second-order valence-electron chi connectivity index (χ2n) is 3.85. The molecule has 0 saturated carbocycles. The molecule has 1 spiro atoms. The van der Waals surface area contributed by atoms with E-state index in [0.717, 1.165) is 0 Å². The largest absolute Gasteiger partial charge is 0.314 e. The highest BCUT2D eigenvalue weighted by Crippen LogP contribution is 2.38. The van der Waals surface area contributed by atoms with E-state index in [1.165, 1.54) is 44.6 Å². The molecule has 0 radical (unpaired) electrons. The van der Waals surface area contributed by atoms with Crippen LogP contribution in [-0.4, -0.2) is 42.2 Å². The van der Waals surface area contributed by atoms with E-state index in [4.69, 9.17) is 0 Å². The predicted molar refractivity (Wildman–Crippen MR) is 88.6 cm³/mol. The van der Waals surface area contributed by atoms with Crippen LogP contribution in [0.3, 0.4) is 0 Å². The van der Waals surface area contributed by atoms with Crippen LogP contribution in [0, 0.1) is 0 Å². The van der Waals surface area contributed by atoms with E-state index in [1.54, 1.807) is 0 Å². The van der Waals surface area contributed by atoms with E-state index in [9.17, 15) is 0 Å². The molecule has 2 saturated heterocycles. The molecule has 0 aromatic carbocycles. The predicted octanol–water partition coefficient (Wildman–Crippen LogP) is 4.21. The molecule has 0 amide bonds. The summed E-state index contributed by atoms with van der Waals surface area (Å²) >= 11 is 2.16. The molecule has 3 heteroatoms. The molecular formula is C15H36N2S. The Morgan fingerprint density at radius 1 is 1.00 bits per heavy atom. The summed E-state index contributed by atoms with van der Waals surface area (Å²) < 4.78 is 0. The van der Waals surface area contributed by atoms with E-state index < -0.39 is 0 Å². The summed E-state index contributed by atoms with van der Waals surface area (Å²) in [5.74, 6) is 1.35. The van der Waals surface area contributed by atoms with Crippen molar-refractivity contribution in [2.45, 2.75) is 65.7 Å². The number of nitrogens with one attached hydrogen (secondary N) is 1. The molecule has 0 aromatic heterocycles. The Bertz CT molecular complexity index is 148. The molecule has 2 fully saturated rings. The first-order valence-electron chi connectivity index (χ1n) is 7.89. The summed E-state index contributed by atoms with van der Waals surface area (Å²) in [5, 5.41) is 3.51. The maximum Gasteiger partial charge on any atom is 0.0793 e. The highest BCUT2D eigenvalue weighted by Gasteiger charge is 2.38. The Kier molecular flexibility index (Phi) is 15.7. The first kappa shape index (κ1) is 20.6. The van der Waals surface area contributed by atoms with Crippen molar-refractivity contribution in [1.29, 1.82) is 0 Å². The molecule has 2 aliphatic rings. The average Bonchev–Trinajstić information content (AvgIpc) is 2.50. The lowest BCUT2D eigenvalue weighted by molar-refractivity contribution is 0.165. The van der Waals surface area contributed by atoms with Gasteiger partial charge in [-0.25, -0.2) is 0 Å². The molecule has 0 aliphatic carbocycles. The maximum atomic E-state index is 3.51. The first-order chi connectivity index (χ1) is 8.83. The van der Waals surface area contributed by atoms with Crippen molar-refractivity contribution in [3.05, 3.63) is 0 Å². The maximum absolute atomic E-state index is 3.51. The molecule has 1 atom stereocenters. The molecule has 2 nitrogen and oxygen atoms in total. The lowest BCUT2D eigenvalue weighted by Gasteiger charge is -2.47. The Morgan fingerprint density at radius 3 is 2.06 bits per heavy atom. The second kappa shape index (κ2) is 13.7. The second-order valence-corrected chi connectivity index (χ2v) is 5.31. The van der Waals surface area contributed by atoms with Crippen molar-refractivity contribution < 1.29 is 0 Å². The SMILES string of the molecule is CC.CC.CC.CN1CCCSC12CCCNC2. The summed E-state index contributed by atoms with van der Waals surface area (Å²) in [5.41, 5.74) is 0. The van der Waals surface area contributed by atoms with Gasteiger partial charge in [0.05, 0.1) is 4.87 Å². The van der Waals surface area contributed by atoms with E-state index in [2.05, 4.69) is 29.0 Å². The fourth-order valence-corrected chi connectivity index (χ4v) is 3.65. The van der Waals surface area contributed by atoms with Gasteiger partial charge in [-0.05, 0) is 45.2 Å². The summed E-state index contributed by atoms with van der Waals surface area (Å²) in [6.45, 7) is 15.7. The summed E-state index contributed by atoms with van der Waals surface area (Å²) in [6, 6.07) is 0. The van der Waals surface area contributed by atoms with Gasteiger partial charge < -0.3 is 5.32 Å². The molecule has 0 bridgehead atoms. The van der Waals surface area contributed by atoms with Crippen LogP contribution in [0.4, 0.5) is 0 Å². The zero-order valence-electron chi connectivity index (χ0n) is 13.8. The summed E-state index contributed by atoms with van der Waals surface area (Å²) in [6.07, 6.45) is 4.08. The van der Waals surface area contributed by atoms with Crippen molar-refractivity contribution in [1.82, 2.24) is 10.2 Å².